The number of urea groups is 1. The number of aromatic nitrogens is 2. The van der Waals surface area contributed by atoms with Crippen LogP contribution in [-0.2, 0) is 22.1 Å². The van der Waals surface area contributed by atoms with E-state index in [1.54, 1.807) is 28.9 Å². The Bertz CT molecular complexity index is 1070. The molecule has 0 fully saturated rings. The Hall–Kier alpha value is -3.69. The Labute approximate surface area is 188 Å². The summed E-state index contributed by atoms with van der Waals surface area (Å²) in [5.41, 5.74) is 0.886. The van der Waals surface area contributed by atoms with Crippen molar-refractivity contribution in [1.29, 1.82) is 0 Å². The first-order valence-corrected chi connectivity index (χ1v) is 10.4. The summed E-state index contributed by atoms with van der Waals surface area (Å²) in [4.78, 5) is 23.7. The third kappa shape index (κ3) is 6.90. The number of rotatable bonds is 8. The zero-order chi connectivity index (χ0) is 24.0. The van der Waals surface area contributed by atoms with Gasteiger partial charge in [-0.3, -0.25) is 14.6 Å². The van der Waals surface area contributed by atoms with E-state index < -0.39 is 17.8 Å². The molecule has 0 aliphatic heterocycles. The van der Waals surface area contributed by atoms with Crippen LogP contribution >= 0.6 is 0 Å². The highest BCUT2D eigenvalue weighted by Gasteiger charge is 2.33. The van der Waals surface area contributed by atoms with E-state index in [2.05, 4.69) is 15.7 Å². The number of ether oxygens (including phenoxy) is 1. The minimum absolute atomic E-state index is 0.212. The maximum atomic E-state index is 13.1. The average molecular weight is 462 g/mol. The van der Waals surface area contributed by atoms with E-state index in [1.165, 1.54) is 18.2 Å². The van der Waals surface area contributed by atoms with E-state index in [0.29, 0.717) is 25.1 Å². The molecule has 3 N–H and O–H groups in total. The van der Waals surface area contributed by atoms with Crippen LogP contribution in [0, 0.1) is 5.92 Å². The monoisotopic (exact) mass is 462 g/mol. The van der Waals surface area contributed by atoms with Gasteiger partial charge in [0.2, 0.25) is 0 Å². The first-order valence-electron chi connectivity index (χ1n) is 10.4. The van der Waals surface area contributed by atoms with Crippen molar-refractivity contribution in [3.05, 3.63) is 66.0 Å². The molecule has 3 rings (SSSR count). The molecular formula is C23H25F3N4O3. The summed E-state index contributed by atoms with van der Waals surface area (Å²) in [7, 11) is 0. The number of hydrogen-bond acceptors (Lipinski definition) is 3. The van der Waals surface area contributed by atoms with Gasteiger partial charge in [-0.15, -0.1) is 0 Å². The molecule has 1 aromatic heterocycles. The number of nitrogens with zero attached hydrogens (tertiary/aromatic N) is 1. The van der Waals surface area contributed by atoms with Crippen LogP contribution in [0.1, 0.15) is 31.5 Å². The molecule has 0 saturated carbocycles. The van der Waals surface area contributed by atoms with E-state index in [-0.39, 0.29) is 17.6 Å². The van der Waals surface area contributed by atoms with Gasteiger partial charge in [0.05, 0.1) is 29.2 Å². The lowest BCUT2D eigenvalue weighted by Gasteiger charge is -2.17. The van der Waals surface area contributed by atoms with Gasteiger partial charge in [0.25, 0.3) is 0 Å². The summed E-state index contributed by atoms with van der Waals surface area (Å²) in [5.74, 6) is 0.0454. The molecule has 0 aliphatic carbocycles. The van der Waals surface area contributed by atoms with Gasteiger partial charge >= 0.3 is 18.2 Å². The normalized spacial score (nSPS) is 11.5. The predicted octanol–water partition coefficient (Wildman–Crippen LogP) is 5.60. The Morgan fingerprint density at radius 2 is 1.73 bits per heavy atom. The van der Waals surface area contributed by atoms with Crippen molar-refractivity contribution in [3.63, 3.8) is 0 Å². The molecule has 0 spiro atoms. The molecule has 0 saturated heterocycles. The number of anilines is 2. The van der Waals surface area contributed by atoms with E-state index in [4.69, 9.17) is 4.74 Å². The fraction of sp³-hybridized carbons (Fsp3) is 0.304. The fourth-order valence-corrected chi connectivity index (χ4v) is 3.06. The van der Waals surface area contributed by atoms with E-state index >= 15 is 0 Å². The molecule has 1 heterocycles. The lowest BCUT2D eigenvalue weighted by Crippen LogP contribution is -2.21. The van der Waals surface area contributed by atoms with Gasteiger partial charge in [0.1, 0.15) is 0 Å². The molecule has 0 bridgehead atoms. The molecule has 10 heteroatoms. The summed E-state index contributed by atoms with van der Waals surface area (Å²) in [6, 6.07) is 10.7. The van der Waals surface area contributed by atoms with Gasteiger partial charge in [-0.1, -0.05) is 26.0 Å². The number of H-pyrrole nitrogens is 1. The first-order chi connectivity index (χ1) is 15.6. The molecule has 0 aliphatic rings. The summed E-state index contributed by atoms with van der Waals surface area (Å²) in [5, 5.41) is 7.86. The second-order valence-electron chi connectivity index (χ2n) is 7.87. The third-order valence-electron chi connectivity index (χ3n) is 4.64. The number of carbonyl (C=O) groups excluding carboxylic acids is 2. The lowest BCUT2D eigenvalue weighted by atomic mass is 10.1. The highest BCUT2D eigenvalue weighted by Crippen LogP contribution is 2.34. The number of para-hydroxylation sites is 1. The molecule has 2 amide bonds. The zero-order valence-electron chi connectivity index (χ0n) is 18.2. The van der Waals surface area contributed by atoms with Crippen molar-refractivity contribution >= 4 is 23.4 Å². The SMILES string of the molecule is CC(C)CC(=O)OCCc1cn(-c2ccc(NC(=O)Nc3ccccc3C(F)(F)F)cc2)[nH]1. The Morgan fingerprint density at radius 3 is 2.36 bits per heavy atom. The number of halogens is 3. The highest BCUT2D eigenvalue weighted by molar-refractivity contribution is 6.00. The minimum Gasteiger partial charge on any atom is -0.465 e. The molecule has 0 radical (unpaired) electrons. The largest absolute Gasteiger partial charge is 0.465 e. The van der Waals surface area contributed by atoms with Gasteiger partial charge in [-0.25, -0.2) is 4.79 Å². The minimum atomic E-state index is -4.57. The van der Waals surface area contributed by atoms with Crippen molar-refractivity contribution in [2.24, 2.45) is 5.92 Å². The number of hydrogen-bond donors (Lipinski definition) is 3. The van der Waals surface area contributed by atoms with Crippen LogP contribution in [0.15, 0.2) is 54.7 Å². The number of carbonyl (C=O) groups is 2. The van der Waals surface area contributed by atoms with Crippen molar-refractivity contribution in [2.75, 3.05) is 17.2 Å². The van der Waals surface area contributed by atoms with Crippen molar-refractivity contribution in [2.45, 2.75) is 32.9 Å². The second-order valence-corrected chi connectivity index (χ2v) is 7.87. The molecular weight excluding hydrogens is 437 g/mol. The summed E-state index contributed by atoms with van der Waals surface area (Å²) in [6.45, 7) is 4.21. The summed E-state index contributed by atoms with van der Waals surface area (Å²) >= 11 is 0. The average Bonchev–Trinajstić information content (AvgIpc) is 2.69. The molecule has 0 atom stereocenters. The van der Waals surface area contributed by atoms with E-state index in [1.807, 2.05) is 20.0 Å². The van der Waals surface area contributed by atoms with Crippen LogP contribution in [0.3, 0.4) is 0 Å². The first kappa shape index (κ1) is 24.0. The quantitative estimate of drug-likeness (QED) is 0.381. The number of nitrogens with one attached hydrogen (secondary N) is 3. The predicted molar refractivity (Wildman–Crippen MR) is 118 cm³/mol. The molecule has 0 unspecified atom stereocenters. The van der Waals surface area contributed by atoms with Gasteiger partial charge in [0.15, 0.2) is 0 Å². The number of alkyl halides is 3. The zero-order valence-corrected chi connectivity index (χ0v) is 18.2. The van der Waals surface area contributed by atoms with Crippen LogP contribution < -0.4 is 10.6 Å². The van der Waals surface area contributed by atoms with Crippen LogP contribution in [0.2, 0.25) is 0 Å². The maximum Gasteiger partial charge on any atom is 0.418 e. The van der Waals surface area contributed by atoms with E-state index in [9.17, 15) is 22.8 Å². The highest BCUT2D eigenvalue weighted by atomic mass is 19.4. The van der Waals surface area contributed by atoms with Gasteiger partial charge in [-0.05, 0) is 42.3 Å². The maximum absolute atomic E-state index is 13.1. The standard InChI is InChI=1S/C23H25F3N4O3/c1-15(2)13-21(31)33-12-11-17-14-30(29-17)18-9-7-16(8-10-18)27-22(32)28-20-6-4-3-5-19(20)23(24,25)26/h3-10,14-15,29H,11-13H2,1-2H3,(H2,27,28,32). The van der Waals surface area contributed by atoms with E-state index in [0.717, 1.165) is 17.4 Å². The Balaban J connectivity index is 1.50. The van der Waals surface area contributed by atoms with Crippen molar-refractivity contribution in [1.82, 2.24) is 9.78 Å². The fourth-order valence-electron chi connectivity index (χ4n) is 3.06. The van der Waals surface area contributed by atoms with Crippen molar-refractivity contribution < 1.29 is 27.5 Å². The summed E-state index contributed by atoms with van der Waals surface area (Å²) < 4.78 is 46.1. The smallest absolute Gasteiger partial charge is 0.418 e. The number of aromatic amines is 1. The van der Waals surface area contributed by atoms with Crippen LogP contribution in [0.4, 0.5) is 29.3 Å². The topological polar surface area (TPSA) is 88.2 Å². The van der Waals surface area contributed by atoms with Crippen molar-refractivity contribution in [3.8, 4) is 5.69 Å². The molecule has 33 heavy (non-hydrogen) atoms. The van der Waals surface area contributed by atoms with Gasteiger partial charge < -0.3 is 15.4 Å². The third-order valence-corrected chi connectivity index (χ3v) is 4.64. The molecule has 7 nitrogen and oxygen atoms in total. The Morgan fingerprint density at radius 1 is 1.06 bits per heavy atom. The number of amides is 2. The number of benzene rings is 2. The van der Waals surface area contributed by atoms with Crippen LogP contribution in [-0.4, -0.2) is 28.4 Å². The van der Waals surface area contributed by atoms with Gasteiger partial charge in [0, 0.05) is 24.7 Å². The second kappa shape index (κ2) is 10.3. The molecule has 176 valence electrons. The van der Waals surface area contributed by atoms with Crippen LogP contribution in [0.25, 0.3) is 5.69 Å². The molecule has 2 aromatic carbocycles. The van der Waals surface area contributed by atoms with Crippen LogP contribution in [0.5, 0.6) is 0 Å². The molecule has 3 aromatic rings. The summed E-state index contributed by atoms with van der Waals surface area (Å²) in [6.07, 6.45) is -1.75. The van der Waals surface area contributed by atoms with Gasteiger partial charge in [-0.2, -0.15) is 13.2 Å². The Kier molecular flexibility index (Phi) is 7.47. The lowest BCUT2D eigenvalue weighted by molar-refractivity contribution is -0.144. The number of esters is 1.